The number of aryl methyl sites for hydroxylation is 1. The van der Waals surface area contributed by atoms with E-state index in [1.165, 1.54) is 0 Å². The number of ether oxygens (including phenoxy) is 3. The minimum Gasteiger partial charge on any atom is -0.493 e. The normalized spacial score (nSPS) is 10.4. The number of nitrogens with zero attached hydrogens (tertiary/aromatic N) is 3. The van der Waals surface area contributed by atoms with Gasteiger partial charge >= 0.3 is 0 Å². The number of rotatable bonds is 11. The van der Waals surface area contributed by atoms with Crippen LogP contribution in [0.25, 0.3) is 0 Å². The van der Waals surface area contributed by atoms with Gasteiger partial charge in [-0.2, -0.15) is 0 Å². The lowest BCUT2D eigenvalue weighted by atomic mass is 10.1. The fraction of sp³-hybridized carbons (Fsp3) is 0.409. The van der Waals surface area contributed by atoms with Crippen LogP contribution in [-0.2, 0) is 17.9 Å². The standard InChI is InChI=1S/C22H30ClN5O4/c1-14-7-8-16(21(23)27-14)13-28(19(29)6-5-9-26-22(24)25)12-15-10-17(30-2)20(32-4)18(11-15)31-3/h7-8,10-11H,5-6,9,12-13H2,1-4H3,(H4,24,25,26). The molecule has 1 aromatic heterocycles. The highest BCUT2D eigenvalue weighted by Crippen LogP contribution is 2.38. The predicted molar refractivity (Wildman–Crippen MR) is 124 cm³/mol. The Morgan fingerprint density at radius 3 is 2.28 bits per heavy atom. The molecule has 174 valence electrons. The predicted octanol–water partition coefficient (Wildman–Crippen LogP) is 2.65. The summed E-state index contributed by atoms with van der Waals surface area (Å²) in [6, 6.07) is 7.37. The van der Waals surface area contributed by atoms with Gasteiger partial charge in [-0.05, 0) is 37.1 Å². The van der Waals surface area contributed by atoms with E-state index in [1.54, 1.807) is 26.2 Å². The third kappa shape index (κ3) is 6.91. The average molecular weight is 464 g/mol. The van der Waals surface area contributed by atoms with Gasteiger partial charge in [-0.3, -0.25) is 9.79 Å². The van der Waals surface area contributed by atoms with E-state index in [-0.39, 0.29) is 18.3 Å². The Labute approximate surface area is 193 Å². The number of nitrogens with two attached hydrogens (primary N) is 2. The molecule has 0 fully saturated rings. The first-order chi connectivity index (χ1) is 15.3. The van der Waals surface area contributed by atoms with Crippen molar-refractivity contribution in [3.05, 3.63) is 46.2 Å². The third-order valence-corrected chi connectivity index (χ3v) is 5.05. The Bertz CT molecular complexity index is 938. The van der Waals surface area contributed by atoms with E-state index in [9.17, 15) is 4.79 Å². The molecular weight excluding hydrogens is 434 g/mol. The number of methoxy groups -OCH3 is 3. The Kier molecular flexibility index (Phi) is 9.39. The molecule has 0 saturated heterocycles. The van der Waals surface area contributed by atoms with E-state index in [2.05, 4.69) is 9.98 Å². The zero-order chi connectivity index (χ0) is 23.7. The van der Waals surface area contributed by atoms with Crippen LogP contribution in [0, 0.1) is 6.92 Å². The fourth-order valence-electron chi connectivity index (χ4n) is 3.15. The van der Waals surface area contributed by atoms with E-state index in [1.807, 2.05) is 31.2 Å². The van der Waals surface area contributed by atoms with E-state index >= 15 is 0 Å². The first-order valence-electron chi connectivity index (χ1n) is 10.0. The summed E-state index contributed by atoms with van der Waals surface area (Å²) in [4.78, 5) is 23.0. The third-order valence-electron chi connectivity index (χ3n) is 4.72. The summed E-state index contributed by atoms with van der Waals surface area (Å²) >= 11 is 6.33. The van der Waals surface area contributed by atoms with Gasteiger partial charge in [0.05, 0.1) is 21.3 Å². The average Bonchev–Trinajstić information content (AvgIpc) is 2.76. The number of aromatic nitrogens is 1. The van der Waals surface area contributed by atoms with Crippen LogP contribution < -0.4 is 25.7 Å². The van der Waals surface area contributed by atoms with Crippen LogP contribution in [0.1, 0.15) is 29.7 Å². The summed E-state index contributed by atoms with van der Waals surface area (Å²) in [6.07, 6.45) is 0.792. The molecule has 0 bridgehead atoms. The molecule has 0 radical (unpaired) electrons. The monoisotopic (exact) mass is 463 g/mol. The number of benzene rings is 1. The summed E-state index contributed by atoms with van der Waals surface area (Å²) in [5.41, 5.74) is 13.1. The SMILES string of the molecule is COc1cc(CN(Cc2ccc(C)nc2Cl)C(=O)CCCN=C(N)N)cc(OC)c1OC. The van der Waals surface area contributed by atoms with Crippen LogP contribution in [-0.4, -0.2) is 49.6 Å². The summed E-state index contributed by atoms with van der Waals surface area (Å²) in [6.45, 7) is 2.84. The summed E-state index contributed by atoms with van der Waals surface area (Å²) in [5, 5.41) is 0.369. The molecule has 10 heteroatoms. The lowest BCUT2D eigenvalue weighted by Gasteiger charge is -2.24. The quantitative estimate of drug-likeness (QED) is 0.227. The zero-order valence-corrected chi connectivity index (χ0v) is 19.6. The minimum absolute atomic E-state index is 0.00393. The van der Waals surface area contributed by atoms with Gasteiger partial charge in [-0.15, -0.1) is 0 Å². The number of carbonyl (C=O) groups excluding carboxylic acids is 1. The molecule has 1 heterocycles. The number of hydrogen-bond donors (Lipinski definition) is 2. The highest BCUT2D eigenvalue weighted by molar-refractivity contribution is 6.30. The topological polar surface area (TPSA) is 125 Å². The van der Waals surface area contributed by atoms with Gasteiger partial charge in [0.1, 0.15) is 5.15 Å². The molecule has 2 aromatic rings. The summed E-state index contributed by atoms with van der Waals surface area (Å²) in [7, 11) is 4.63. The molecule has 0 aliphatic carbocycles. The minimum atomic E-state index is -0.0683. The second-order valence-corrected chi connectivity index (χ2v) is 7.45. The molecule has 1 amide bonds. The van der Waals surface area contributed by atoms with E-state index < -0.39 is 0 Å². The molecule has 0 aliphatic rings. The van der Waals surface area contributed by atoms with Crippen molar-refractivity contribution in [1.29, 1.82) is 0 Å². The summed E-state index contributed by atoms with van der Waals surface area (Å²) < 4.78 is 16.3. The maximum Gasteiger partial charge on any atom is 0.223 e. The molecule has 2 rings (SSSR count). The van der Waals surface area contributed by atoms with Gasteiger partial charge < -0.3 is 30.6 Å². The highest BCUT2D eigenvalue weighted by Gasteiger charge is 2.19. The van der Waals surface area contributed by atoms with Crippen LogP contribution in [0.15, 0.2) is 29.3 Å². The number of guanidine groups is 1. The molecule has 32 heavy (non-hydrogen) atoms. The molecule has 0 atom stereocenters. The summed E-state index contributed by atoms with van der Waals surface area (Å²) in [5.74, 6) is 1.44. The molecule has 0 saturated carbocycles. The number of pyridine rings is 1. The molecule has 9 nitrogen and oxygen atoms in total. The van der Waals surface area contributed by atoms with Crippen molar-refractivity contribution in [3.8, 4) is 17.2 Å². The van der Waals surface area contributed by atoms with E-state index in [0.29, 0.717) is 48.5 Å². The van der Waals surface area contributed by atoms with Crippen molar-refractivity contribution >= 4 is 23.5 Å². The van der Waals surface area contributed by atoms with Crippen molar-refractivity contribution in [3.63, 3.8) is 0 Å². The Morgan fingerprint density at radius 2 is 1.75 bits per heavy atom. The molecule has 4 N–H and O–H groups in total. The highest BCUT2D eigenvalue weighted by atomic mass is 35.5. The van der Waals surface area contributed by atoms with Crippen molar-refractivity contribution in [2.24, 2.45) is 16.5 Å². The van der Waals surface area contributed by atoms with Crippen LogP contribution >= 0.6 is 11.6 Å². The van der Waals surface area contributed by atoms with Crippen LogP contribution in [0.5, 0.6) is 17.2 Å². The molecular formula is C22H30ClN5O4. The number of hydrogen-bond acceptors (Lipinski definition) is 6. The van der Waals surface area contributed by atoms with Crippen molar-refractivity contribution in [1.82, 2.24) is 9.88 Å². The fourth-order valence-corrected chi connectivity index (χ4v) is 3.41. The van der Waals surface area contributed by atoms with Crippen molar-refractivity contribution in [2.45, 2.75) is 32.9 Å². The van der Waals surface area contributed by atoms with Gasteiger partial charge in [0.15, 0.2) is 17.5 Å². The van der Waals surface area contributed by atoms with Gasteiger partial charge in [-0.1, -0.05) is 17.7 Å². The Morgan fingerprint density at radius 1 is 1.09 bits per heavy atom. The van der Waals surface area contributed by atoms with E-state index in [0.717, 1.165) is 16.8 Å². The first kappa shape index (κ1) is 25.1. The molecule has 1 aromatic carbocycles. The lowest BCUT2D eigenvalue weighted by molar-refractivity contribution is -0.132. The Hall–Kier alpha value is -3.20. The van der Waals surface area contributed by atoms with Gasteiger partial charge in [0.25, 0.3) is 0 Å². The second kappa shape index (κ2) is 12.0. The first-order valence-corrected chi connectivity index (χ1v) is 10.4. The van der Waals surface area contributed by atoms with Gasteiger partial charge in [-0.25, -0.2) is 4.98 Å². The van der Waals surface area contributed by atoms with Crippen LogP contribution in [0.3, 0.4) is 0 Å². The maximum atomic E-state index is 13.1. The smallest absolute Gasteiger partial charge is 0.223 e. The van der Waals surface area contributed by atoms with E-state index in [4.69, 9.17) is 37.3 Å². The lowest BCUT2D eigenvalue weighted by Crippen LogP contribution is -2.30. The van der Waals surface area contributed by atoms with Crippen LogP contribution in [0.2, 0.25) is 5.15 Å². The van der Waals surface area contributed by atoms with Crippen molar-refractivity contribution in [2.75, 3.05) is 27.9 Å². The molecule has 0 aliphatic heterocycles. The number of aliphatic imine (C=N–C) groups is 1. The second-order valence-electron chi connectivity index (χ2n) is 7.10. The van der Waals surface area contributed by atoms with Crippen molar-refractivity contribution < 1.29 is 19.0 Å². The van der Waals surface area contributed by atoms with Gasteiger partial charge in [0, 0.05) is 37.3 Å². The van der Waals surface area contributed by atoms with Gasteiger partial charge in [0.2, 0.25) is 11.7 Å². The molecule has 0 spiro atoms. The number of halogens is 1. The Balaban J connectivity index is 2.31. The van der Waals surface area contributed by atoms with Crippen LogP contribution in [0.4, 0.5) is 0 Å². The number of carbonyl (C=O) groups is 1. The molecule has 0 unspecified atom stereocenters. The zero-order valence-electron chi connectivity index (χ0n) is 18.9. The number of amides is 1. The maximum absolute atomic E-state index is 13.1. The largest absolute Gasteiger partial charge is 0.493 e.